The Balaban J connectivity index is 1.87. The summed E-state index contributed by atoms with van der Waals surface area (Å²) in [4.78, 5) is 41.7. The molecular formula is C28H39N5O5. The minimum atomic E-state index is -0.420. The summed E-state index contributed by atoms with van der Waals surface area (Å²) in [5.41, 5.74) is 1.77. The van der Waals surface area contributed by atoms with Crippen LogP contribution in [0.4, 0.5) is 21.0 Å². The van der Waals surface area contributed by atoms with Gasteiger partial charge in [-0.3, -0.25) is 4.79 Å². The molecule has 4 N–H and O–H groups in total. The number of para-hydroxylation sites is 1. The summed E-state index contributed by atoms with van der Waals surface area (Å²) in [5, 5.41) is 18.3. The van der Waals surface area contributed by atoms with Crippen LogP contribution in [0.2, 0.25) is 0 Å². The molecule has 2 aromatic rings. The fourth-order valence-electron chi connectivity index (χ4n) is 4.25. The minimum absolute atomic E-state index is 0.00641. The van der Waals surface area contributed by atoms with Crippen LogP contribution in [0.5, 0.6) is 5.75 Å². The van der Waals surface area contributed by atoms with Crippen LogP contribution in [0.1, 0.15) is 33.3 Å². The van der Waals surface area contributed by atoms with Crippen LogP contribution in [0.3, 0.4) is 0 Å². The first kappa shape index (κ1) is 28.8. The molecule has 0 saturated carbocycles. The summed E-state index contributed by atoms with van der Waals surface area (Å²) >= 11 is 0. The molecule has 10 heteroatoms. The molecule has 0 aliphatic carbocycles. The Bertz CT molecular complexity index is 1110. The van der Waals surface area contributed by atoms with Crippen molar-refractivity contribution in [3.63, 3.8) is 0 Å². The van der Waals surface area contributed by atoms with Gasteiger partial charge in [-0.2, -0.15) is 0 Å². The van der Waals surface area contributed by atoms with Crippen molar-refractivity contribution >= 4 is 29.3 Å². The number of benzene rings is 2. The molecule has 3 rings (SSSR count). The summed E-state index contributed by atoms with van der Waals surface area (Å²) in [6.07, 6.45) is -0.380. The number of ether oxygens (including phenoxy) is 1. The Morgan fingerprint density at radius 2 is 1.79 bits per heavy atom. The molecule has 0 saturated heterocycles. The second-order valence-corrected chi connectivity index (χ2v) is 10.1. The molecule has 0 radical (unpaired) electrons. The van der Waals surface area contributed by atoms with Crippen molar-refractivity contribution in [1.82, 2.24) is 15.1 Å². The maximum Gasteiger partial charge on any atom is 0.323 e. The first-order valence-electron chi connectivity index (χ1n) is 12.9. The van der Waals surface area contributed by atoms with Gasteiger partial charge in [0.2, 0.25) is 5.91 Å². The van der Waals surface area contributed by atoms with E-state index in [0.717, 1.165) is 0 Å². The third-order valence-corrected chi connectivity index (χ3v) is 6.42. The van der Waals surface area contributed by atoms with Gasteiger partial charge in [-0.1, -0.05) is 25.1 Å². The van der Waals surface area contributed by atoms with Crippen LogP contribution >= 0.6 is 0 Å². The highest BCUT2D eigenvalue weighted by molar-refractivity contribution is 5.99. The zero-order chi connectivity index (χ0) is 27.8. The summed E-state index contributed by atoms with van der Waals surface area (Å²) in [6.45, 7) is 8.05. The molecule has 0 fully saturated rings. The van der Waals surface area contributed by atoms with Crippen LogP contribution in [-0.2, 0) is 11.2 Å². The number of carbonyl (C=O) groups excluding carboxylic acids is 3. The Morgan fingerprint density at radius 3 is 2.45 bits per heavy atom. The van der Waals surface area contributed by atoms with E-state index >= 15 is 0 Å². The van der Waals surface area contributed by atoms with E-state index in [2.05, 4.69) is 16.0 Å². The number of aliphatic hydroxyl groups excluding tert-OH is 1. The van der Waals surface area contributed by atoms with Crippen molar-refractivity contribution < 1.29 is 24.2 Å². The van der Waals surface area contributed by atoms with Crippen molar-refractivity contribution in [3.05, 3.63) is 54.1 Å². The van der Waals surface area contributed by atoms with Gasteiger partial charge in [0.1, 0.15) is 11.9 Å². The number of urea groups is 2. The topological polar surface area (TPSA) is 123 Å². The number of hydrogen-bond donors (Lipinski definition) is 4. The number of carbonyl (C=O) groups is 3. The molecule has 2 aromatic carbocycles. The van der Waals surface area contributed by atoms with Crippen molar-refractivity contribution in [2.45, 2.75) is 52.3 Å². The molecule has 38 heavy (non-hydrogen) atoms. The second-order valence-electron chi connectivity index (χ2n) is 10.1. The molecule has 1 heterocycles. The van der Waals surface area contributed by atoms with E-state index in [1.807, 2.05) is 39.0 Å². The normalized spacial score (nSPS) is 18.3. The lowest BCUT2D eigenvalue weighted by Crippen LogP contribution is -2.49. The Kier molecular flexibility index (Phi) is 9.95. The van der Waals surface area contributed by atoms with Gasteiger partial charge in [0.15, 0.2) is 0 Å². The Morgan fingerprint density at radius 1 is 1.11 bits per heavy atom. The van der Waals surface area contributed by atoms with Crippen LogP contribution in [0.25, 0.3) is 0 Å². The number of rotatable bonds is 7. The third-order valence-electron chi connectivity index (χ3n) is 6.42. The summed E-state index contributed by atoms with van der Waals surface area (Å²) in [6, 6.07) is 13.3. The van der Waals surface area contributed by atoms with E-state index in [0.29, 0.717) is 35.8 Å². The summed E-state index contributed by atoms with van der Waals surface area (Å²) in [7, 11) is 1.71. The van der Waals surface area contributed by atoms with Crippen molar-refractivity contribution in [2.24, 2.45) is 5.92 Å². The molecule has 206 valence electrons. The number of aliphatic hydroxyl groups is 1. The van der Waals surface area contributed by atoms with Gasteiger partial charge in [-0.05, 0) is 51.1 Å². The first-order valence-corrected chi connectivity index (χ1v) is 12.9. The molecule has 1 aliphatic heterocycles. The quantitative estimate of drug-likeness (QED) is 0.440. The predicted molar refractivity (Wildman–Crippen MR) is 147 cm³/mol. The maximum atomic E-state index is 13.3. The van der Waals surface area contributed by atoms with Gasteiger partial charge in [-0.15, -0.1) is 0 Å². The number of likely N-dealkylation sites (N-methyl/N-ethyl adjacent to an activating group) is 1. The molecule has 10 nitrogen and oxygen atoms in total. The SMILES string of the molecule is CC(C)NC(=O)N(C)C[C@@H]1Oc2ccc(NC(=O)Nc3ccccc3)cc2CC(=O)N([C@H](C)CO)C[C@@H]1C. The van der Waals surface area contributed by atoms with Crippen LogP contribution in [-0.4, -0.2) is 77.8 Å². The highest BCUT2D eigenvalue weighted by Gasteiger charge is 2.32. The lowest BCUT2D eigenvalue weighted by Gasteiger charge is -2.34. The summed E-state index contributed by atoms with van der Waals surface area (Å²) in [5.74, 6) is 0.226. The van der Waals surface area contributed by atoms with Crippen molar-refractivity contribution in [2.75, 3.05) is 37.4 Å². The predicted octanol–water partition coefficient (Wildman–Crippen LogP) is 3.53. The number of fused-ring (bicyclic) bond motifs is 1. The maximum absolute atomic E-state index is 13.3. The average molecular weight is 526 g/mol. The van der Waals surface area contributed by atoms with Crippen molar-refractivity contribution in [3.8, 4) is 5.75 Å². The van der Waals surface area contributed by atoms with Crippen LogP contribution < -0.4 is 20.7 Å². The van der Waals surface area contributed by atoms with Crippen molar-refractivity contribution in [1.29, 1.82) is 0 Å². The molecule has 0 bridgehead atoms. The van der Waals surface area contributed by atoms with E-state index in [-0.39, 0.29) is 43.0 Å². The number of nitrogens with zero attached hydrogens (tertiary/aromatic N) is 2. The van der Waals surface area contributed by atoms with Gasteiger partial charge in [0, 0.05) is 42.5 Å². The van der Waals surface area contributed by atoms with Crippen LogP contribution in [0, 0.1) is 5.92 Å². The molecule has 0 spiro atoms. The number of anilines is 2. The van der Waals surface area contributed by atoms with E-state index < -0.39 is 12.1 Å². The van der Waals surface area contributed by atoms with Gasteiger partial charge < -0.3 is 35.6 Å². The first-order chi connectivity index (χ1) is 18.1. The van der Waals surface area contributed by atoms with Gasteiger partial charge in [-0.25, -0.2) is 9.59 Å². The second kappa shape index (κ2) is 13.1. The molecule has 0 aromatic heterocycles. The monoisotopic (exact) mass is 525 g/mol. The zero-order valence-corrected chi connectivity index (χ0v) is 22.7. The minimum Gasteiger partial charge on any atom is -0.488 e. The Hall–Kier alpha value is -3.79. The number of hydrogen-bond acceptors (Lipinski definition) is 5. The summed E-state index contributed by atoms with van der Waals surface area (Å²) < 4.78 is 6.43. The van der Waals surface area contributed by atoms with Gasteiger partial charge in [0.25, 0.3) is 0 Å². The third kappa shape index (κ3) is 7.85. The lowest BCUT2D eigenvalue weighted by molar-refractivity contribution is -0.134. The zero-order valence-electron chi connectivity index (χ0n) is 22.7. The van der Waals surface area contributed by atoms with E-state index in [4.69, 9.17) is 4.74 Å². The van der Waals surface area contributed by atoms with E-state index in [1.165, 1.54) is 0 Å². The Labute approximate surface area is 224 Å². The average Bonchev–Trinajstić information content (AvgIpc) is 2.91. The highest BCUT2D eigenvalue weighted by atomic mass is 16.5. The molecular weight excluding hydrogens is 486 g/mol. The van der Waals surface area contributed by atoms with Gasteiger partial charge >= 0.3 is 12.1 Å². The standard InChI is InChI=1S/C28H39N5O5/c1-18(2)29-28(37)32(5)16-25-19(3)15-33(20(4)17-34)26(35)14-21-13-23(11-12-24(21)38-25)31-27(36)30-22-9-7-6-8-10-22/h6-13,18-20,25,34H,14-17H2,1-5H3,(H,29,37)(H2,30,31,36)/t19-,20+,25-/m0/s1. The molecule has 1 aliphatic rings. The number of nitrogens with one attached hydrogen (secondary N) is 3. The largest absolute Gasteiger partial charge is 0.488 e. The molecule has 3 atom stereocenters. The van der Waals surface area contributed by atoms with E-state index in [1.54, 1.807) is 54.1 Å². The van der Waals surface area contributed by atoms with E-state index in [9.17, 15) is 19.5 Å². The fraction of sp³-hybridized carbons (Fsp3) is 0.464. The number of amides is 5. The molecule has 0 unspecified atom stereocenters. The smallest absolute Gasteiger partial charge is 0.323 e. The molecule has 5 amide bonds. The lowest BCUT2D eigenvalue weighted by atomic mass is 10.0. The highest BCUT2D eigenvalue weighted by Crippen LogP contribution is 2.29. The van der Waals surface area contributed by atoms with Gasteiger partial charge in [0.05, 0.1) is 25.6 Å². The fourth-order valence-corrected chi connectivity index (χ4v) is 4.25. The van der Waals surface area contributed by atoms with Crippen LogP contribution in [0.15, 0.2) is 48.5 Å².